The molecule has 4 aliphatic rings. The van der Waals surface area contributed by atoms with Gasteiger partial charge in [0.2, 0.25) is 0 Å². The van der Waals surface area contributed by atoms with Crippen molar-refractivity contribution in [2.45, 2.75) is 36.9 Å². The van der Waals surface area contributed by atoms with E-state index in [2.05, 4.69) is 0 Å². The molecule has 34 heavy (non-hydrogen) atoms. The number of carbonyl (C=O) groups excluding carboxylic acids is 3. The summed E-state index contributed by atoms with van der Waals surface area (Å²) in [6, 6.07) is -1.97. The van der Waals surface area contributed by atoms with Gasteiger partial charge < -0.3 is 36.8 Å². The van der Waals surface area contributed by atoms with Crippen LogP contribution in [0.3, 0.4) is 0 Å². The second kappa shape index (κ2) is 7.69. The van der Waals surface area contributed by atoms with Crippen molar-refractivity contribution in [3.63, 3.8) is 0 Å². The molecule has 0 fully saturated rings. The summed E-state index contributed by atoms with van der Waals surface area (Å²) in [5.41, 5.74) is 9.22. The van der Waals surface area contributed by atoms with Crippen molar-refractivity contribution in [3.05, 3.63) is 45.3 Å². The molecule has 0 saturated heterocycles. The van der Waals surface area contributed by atoms with Crippen molar-refractivity contribution in [2.24, 2.45) is 23.3 Å². The van der Waals surface area contributed by atoms with Crippen LogP contribution in [0.5, 0.6) is 0 Å². The molecular weight excluding hydrogens is 444 g/mol. The number of fused-ring (bicyclic) bond motifs is 3. The van der Waals surface area contributed by atoms with Crippen molar-refractivity contribution < 1.29 is 34.8 Å². The lowest BCUT2D eigenvalue weighted by Gasteiger charge is -2.51. The summed E-state index contributed by atoms with van der Waals surface area (Å²) in [4.78, 5) is 41.4. The largest absolute Gasteiger partial charge is 0.508 e. The number of amides is 1. The van der Waals surface area contributed by atoms with Crippen LogP contribution in [0.15, 0.2) is 45.3 Å². The van der Waals surface area contributed by atoms with Crippen molar-refractivity contribution in [1.82, 2.24) is 9.80 Å². The second-order valence-corrected chi connectivity index (χ2v) is 9.85. The lowest BCUT2D eigenvalue weighted by atomic mass is 9.59. The first-order chi connectivity index (χ1) is 15.7. The maximum Gasteiger partial charge on any atom is 0.255 e. The van der Waals surface area contributed by atoms with E-state index in [1.165, 1.54) is 4.90 Å². The van der Waals surface area contributed by atoms with E-state index in [4.69, 9.17) is 11.5 Å². The van der Waals surface area contributed by atoms with Gasteiger partial charge in [-0.3, -0.25) is 19.3 Å². The topological polar surface area (TPSA) is 191 Å². The predicted molar refractivity (Wildman–Crippen MR) is 120 cm³/mol. The van der Waals surface area contributed by atoms with Gasteiger partial charge in [-0.1, -0.05) is 0 Å². The number of aliphatic hydroxyl groups excluding tert-OH is 3. The van der Waals surface area contributed by atoms with Gasteiger partial charge in [0, 0.05) is 37.7 Å². The molecule has 0 aromatic heterocycles. The van der Waals surface area contributed by atoms with Crippen LogP contribution in [0, 0.1) is 11.8 Å². The highest BCUT2D eigenvalue weighted by Gasteiger charge is 2.62. The number of aliphatic hydroxyl groups is 4. The van der Waals surface area contributed by atoms with Crippen LogP contribution in [0.2, 0.25) is 0 Å². The molecule has 0 aromatic rings. The molecule has 0 spiro atoms. The first-order valence-corrected chi connectivity index (χ1v) is 11.0. The number of ketones is 2. The third-order valence-corrected chi connectivity index (χ3v) is 7.53. The molecule has 0 heterocycles. The lowest BCUT2D eigenvalue weighted by molar-refractivity contribution is -0.136. The van der Waals surface area contributed by atoms with Crippen LogP contribution in [0.4, 0.5) is 0 Å². The Morgan fingerprint density at radius 2 is 1.65 bits per heavy atom. The molecule has 11 heteroatoms. The number of primary amides is 1. The molecule has 0 saturated carbocycles. The van der Waals surface area contributed by atoms with Crippen LogP contribution >= 0.6 is 0 Å². The van der Waals surface area contributed by atoms with Gasteiger partial charge in [0.25, 0.3) is 5.91 Å². The van der Waals surface area contributed by atoms with E-state index in [9.17, 15) is 34.8 Å². The summed E-state index contributed by atoms with van der Waals surface area (Å²) in [6.07, 6.45) is 0.606. The summed E-state index contributed by atoms with van der Waals surface area (Å²) in [5, 5.41) is 45.0. The number of rotatable bonds is 3. The van der Waals surface area contributed by atoms with E-state index in [1.807, 2.05) is 4.90 Å². The molecule has 4 aliphatic carbocycles. The Morgan fingerprint density at radius 3 is 2.18 bits per heavy atom. The third kappa shape index (κ3) is 2.97. The minimum Gasteiger partial charge on any atom is -0.508 e. The van der Waals surface area contributed by atoms with E-state index in [0.29, 0.717) is 5.57 Å². The normalized spacial score (nSPS) is 33.9. The standard InChI is InChI=1S/C23H30N4O7/c1-26(2)12-7-11(24)17(28)14-9(12)5-8-6-10-16(27(3)4)19(30)15(22(25)33)21(32)23(10,34)20(31)13(8)18(14)29/h8,10-11,16,29,31-32,34H,5-7,24H2,1-4H3,(H2,25,33)/t8-,10-,11?,16-,23-/m0/s1. The quantitative estimate of drug-likeness (QED) is 0.285. The fourth-order valence-electron chi connectivity index (χ4n) is 5.99. The number of hydrogen-bond donors (Lipinski definition) is 6. The van der Waals surface area contributed by atoms with E-state index >= 15 is 0 Å². The van der Waals surface area contributed by atoms with Gasteiger partial charge in [-0.2, -0.15) is 0 Å². The van der Waals surface area contributed by atoms with Crippen LogP contribution in [-0.4, -0.2) is 93.6 Å². The average molecular weight is 475 g/mol. The molecule has 184 valence electrons. The lowest BCUT2D eigenvalue weighted by Crippen LogP contribution is -2.62. The number of likely N-dealkylation sites (N-methyl/N-ethyl adjacent to an activating group) is 1. The van der Waals surface area contributed by atoms with Gasteiger partial charge in [0.15, 0.2) is 17.2 Å². The maximum absolute atomic E-state index is 13.1. The van der Waals surface area contributed by atoms with Gasteiger partial charge >= 0.3 is 0 Å². The monoisotopic (exact) mass is 474 g/mol. The van der Waals surface area contributed by atoms with Crippen LogP contribution in [-0.2, 0) is 14.4 Å². The SMILES string of the molecule is CN(C)C1=C2C[C@H]3C[C@H]4[C@H](N(C)C)C(=O)C(C(N)=O)=C(O)[C@@]4(O)C(O)=C3C(O)=C2C(=O)C(N)C1. The Balaban J connectivity index is 2.04. The number of nitrogens with zero attached hydrogens (tertiary/aromatic N) is 2. The first-order valence-electron chi connectivity index (χ1n) is 11.0. The molecule has 8 N–H and O–H groups in total. The minimum absolute atomic E-state index is 0.0306. The molecule has 4 rings (SSSR count). The molecule has 1 amide bonds. The fourth-order valence-corrected chi connectivity index (χ4v) is 5.99. The van der Waals surface area contributed by atoms with Gasteiger partial charge in [-0.05, 0) is 38.4 Å². The van der Waals surface area contributed by atoms with Crippen molar-refractivity contribution in [1.29, 1.82) is 0 Å². The molecule has 0 radical (unpaired) electrons. The third-order valence-electron chi connectivity index (χ3n) is 7.53. The summed E-state index contributed by atoms with van der Waals surface area (Å²) in [6.45, 7) is 0. The molecule has 0 aliphatic heterocycles. The van der Waals surface area contributed by atoms with Gasteiger partial charge in [0.1, 0.15) is 22.9 Å². The number of allylic oxidation sites excluding steroid dienone is 2. The van der Waals surface area contributed by atoms with Gasteiger partial charge in [0.05, 0.1) is 17.7 Å². The fraction of sp³-hybridized carbons (Fsp3) is 0.522. The first kappa shape index (κ1) is 24.0. The highest BCUT2D eigenvalue weighted by molar-refractivity contribution is 6.22. The Bertz CT molecular complexity index is 1150. The highest BCUT2D eigenvalue weighted by Crippen LogP contribution is 2.55. The number of carbonyl (C=O) groups is 3. The van der Waals surface area contributed by atoms with Crippen molar-refractivity contribution in [3.8, 4) is 0 Å². The summed E-state index contributed by atoms with van der Waals surface area (Å²) in [7, 11) is 6.75. The van der Waals surface area contributed by atoms with Crippen LogP contribution in [0.25, 0.3) is 0 Å². The van der Waals surface area contributed by atoms with Gasteiger partial charge in [-0.25, -0.2) is 0 Å². The summed E-state index contributed by atoms with van der Waals surface area (Å²) >= 11 is 0. The predicted octanol–water partition coefficient (Wildman–Crippen LogP) is -0.692. The van der Waals surface area contributed by atoms with E-state index in [0.717, 1.165) is 5.70 Å². The summed E-state index contributed by atoms with van der Waals surface area (Å²) in [5.74, 6) is -6.52. The Kier molecular flexibility index (Phi) is 5.42. The van der Waals surface area contributed by atoms with E-state index in [-0.39, 0.29) is 30.4 Å². The van der Waals surface area contributed by atoms with Crippen LogP contribution in [0.1, 0.15) is 19.3 Å². The molecular formula is C23H30N4O7. The zero-order valence-corrected chi connectivity index (χ0v) is 19.5. The molecule has 5 atom stereocenters. The maximum atomic E-state index is 13.1. The molecule has 0 aromatic carbocycles. The number of hydrogen-bond acceptors (Lipinski definition) is 10. The number of Topliss-reactive ketones (excluding diaryl/α,β-unsaturated/α-hetero) is 2. The zero-order valence-electron chi connectivity index (χ0n) is 19.5. The van der Waals surface area contributed by atoms with Crippen molar-refractivity contribution >= 4 is 17.5 Å². The van der Waals surface area contributed by atoms with Crippen LogP contribution < -0.4 is 11.5 Å². The average Bonchev–Trinajstić information content (AvgIpc) is 2.72. The van der Waals surface area contributed by atoms with E-state index < -0.39 is 69.8 Å². The second-order valence-electron chi connectivity index (χ2n) is 9.85. The molecule has 0 bridgehead atoms. The smallest absolute Gasteiger partial charge is 0.255 e. The Morgan fingerprint density at radius 1 is 1.03 bits per heavy atom. The molecule has 11 nitrogen and oxygen atoms in total. The minimum atomic E-state index is -2.56. The van der Waals surface area contributed by atoms with Gasteiger partial charge in [-0.15, -0.1) is 0 Å². The highest BCUT2D eigenvalue weighted by atomic mass is 16.4. The Labute approximate surface area is 196 Å². The van der Waals surface area contributed by atoms with Crippen molar-refractivity contribution in [2.75, 3.05) is 28.2 Å². The van der Waals surface area contributed by atoms with E-state index in [1.54, 1.807) is 28.2 Å². The Hall–Kier alpha value is -3.15. The summed E-state index contributed by atoms with van der Waals surface area (Å²) < 4.78 is 0. The zero-order chi connectivity index (χ0) is 25.4. The molecule has 1 unspecified atom stereocenters. The number of nitrogens with two attached hydrogens (primary N) is 2.